The van der Waals surface area contributed by atoms with Gasteiger partial charge in [0.2, 0.25) is 5.91 Å². The molecule has 22 heavy (non-hydrogen) atoms. The average molecular weight is 340 g/mol. The number of rotatable bonds is 7. The summed E-state index contributed by atoms with van der Waals surface area (Å²) < 4.78 is 5.55. The Morgan fingerprint density at radius 3 is 2.73 bits per heavy atom. The summed E-state index contributed by atoms with van der Waals surface area (Å²) in [6.07, 6.45) is -0.974. The lowest BCUT2D eigenvalue weighted by Crippen LogP contribution is -2.24. The third kappa shape index (κ3) is 4.52. The molecular formula is C14H14ClN3O3S. The van der Waals surface area contributed by atoms with Crippen LogP contribution in [0, 0.1) is 0 Å². The van der Waals surface area contributed by atoms with E-state index in [9.17, 15) is 9.59 Å². The molecule has 116 valence electrons. The fraction of sp³-hybridized carbons (Fsp3) is 0.214. The molecule has 1 atom stereocenters. The molecular weight excluding hydrogens is 326 g/mol. The molecule has 0 aliphatic heterocycles. The number of carbonyl (C=O) groups is 2. The lowest BCUT2D eigenvalue weighted by molar-refractivity contribution is -0.131. The highest BCUT2D eigenvalue weighted by Gasteiger charge is 2.22. The standard InChI is InChI=1S/C14H14ClN3O3S/c15-6-11(19)18-14-17-10(8-22-14)12(13(16)20)21-7-9-4-2-1-3-5-9/h1-5,8,12H,6-7H2,(H2,16,20)(H,17,18,19). The van der Waals surface area contributed by atoms with Gasteiger partial charge in [0.1, 0.15) is 5.88 Å². The summed E-state index contributed by atoms with van der Waals surface area (Å²) >= 11 is 6.58. The van der Waals surface area contributed by atoms with Gasteiger partial charge in [0.25, 0.3) is 5.91 Å². The number of hydrogen-bond donors (Lipinski definition) is 2. The first-order chi connectivity index (χ1) is 10.6. The first-order valence-corrected chi connectivity index (χ1v) is 7.77. The Bertz CT molecular complexity index is 648. The molecule has 6 nitrogen and oxygen atoms in total. The number of nitrogens with zero attached hydrogens (tertiary/aromatic N) is 1. The monoisotopic (exact) mass is 339 g/mol. The first-order valence-electron chi connectivity index (χ1n) is 6.36. The zero-order chi connectivity index (χ0) is 15.9. The average Bonchev–Trinajstić information content (AvgIpc) is 2.96. The molecule has 0 aliphatic carbocycles. The van der Waals surface area contributed by atoms with Crippen LogP contribution in [-0.4, -0.2) is 22.7 Å². The number of nitrogens with one attached hydrogen (secondary N) is 1. The van der Waals surface area contributed by atoms with Crippen molar-refractivity contribution in [1.29, 1.82) is 0 Å². The number of benzene rings is 1. The minimum absolute atomic E-state index is 0.168. The normalized spacial score (nSPS) is 11.9. The number of carbonyl (C=O) groups excluding carboxylic acids is 2. The number of alkyl halides is 1. The lowest BCUT2D eigenvalue weighted by atomic mass is 10.2. The summed E-state index contributed by atoms with van der Waals surface area (Å²) in [5, 5.41) is 4.47. The smallest absolute Gasteiger partial charge is 0.252 e. The van der Waals surface area contributed by atoms with Crippen molar-refractivity contribution in [2.75, 3.05) is 11.2 Å². The molecule has 1 aromatic carbocycles. The molecule has 2 amide bonds. The van der Waals surface area contributed by atoms with Crippen LogP contribution < -0.4 is 11.1 Å². The van der Waals surface area contributed by atoms with Gasteiger partial charge in [-0.25, -0.2) is 4.98 Å². The summed E-state index contributed by atoms with van der Waals surface area (Å²) in [4.78, 5) is 26.9. The van der Waals surface area contributed by atoms with Gasteiger partial charge in [-0.3, -0.25) is 9.59 Å². The fourth-order valence-corrected chi connectivity index (χ4v) is 2.49. The van der Waals surface area contributed by atoms with Crippen molar-refractivity contribution in [2.24, 2.45) is 5.73 Å². The van der Waals surface area contributed by atoms with Crippen LogP contribution in [0.2, 0.25) is 0 Å². The Morgan fingerprint density at radius 2 is 2.09 bits per heavy atom. The van der Waals surface area contributed by atoms with E-state index in [2.05, 4.69) is 10.3 Å². The van der Waals surface area contributed by atoms with E-state index < -0.39 is 12.0 Å². The van der Waals surface area contributed by atoms with Crippen LogP contribution in [-0.2, 0) is 20.9 Å². The number of thiazole rings is 1. The van der Waals surface area contributed by atoms with E-state index >= 15 is 0 Å². The maximum absolute atomic E-state index is 11.6. The Morgan fingerprint density at radius 1 is 1.36 bits per heavy atom. The van der Waals surface area contributed by atoms with Crippen molar-refractivity contribution in [3.8, 4) is 0 Å². The summed E-state index contributed by atoms with van der Waals surface area (Å²) in [5.41, 5.74) is 6.64. The van der Waals surface area contributed by atoms with Gasteiger partial charge >= 0.3 is 0 Å². The van der Waals surface area contributed by atoms with Crippen LogP contribution in [0.3, 0.4) is 0 Å². The zero-order valence-corrected chi connectivity index (χ0v) is 13.1. The highest BCUT2D eigenvalue weighted by molar-refractivity contribution is 7.14. The molecule has 2 rings (SSSR count). The molecule has 1 heterocycles. The molecule has 8 heteroatoms. The van der Waals surface area contributed by atoms with Crippen LogP contribution in [0.4, 0.5) is 5.13 Å². The quantitative estimate of drug-likeness (QED) is 0.755. The Labute approximate surface area is 136 Å². The number of nitrogens with two attached hydrogens (primary N) is 1. The molecule has 0 fully saturated rings. The second-order valence-electron chi connectivity index (χ2n) is 4.34. The summed E-state index contributed by atoms with van der Waals surface area (Å²) in [6.45, 7) is 0.231. The van der Waals surface area contributed by atoms with Crippen molar-refractivity contribution in [3.05, 3.63) is 47.0 Å². The molecule has 3 N–H and O–H groups in total. The second kappa shape index (κ2) is 7.88. The van der Waals surface area contributed by atoms with Gasteiger partial charge in [-0.05, 0) is 5.56 Å². The Kier molecular flexibility index (Phi) is 5.88. The maximum Gasteiger partial charge on any atom is 0.252 e. The second-order valence-corrected chi connectivity index (χ2v) is 5.46. The zero-order valence-electron chi connectivity index (χ0n) is 11.5. The van der Waals surface area contributed by atoms with E-state index in [1.54, 1.807) is 5.38 Å². The van der Waals surface area contributed by atoms with Crippen LogP contribution in [0.25, 0.3) is 0 Å². The van der Waals surface area contributed by atoms with Gasteiger partial charge in [0.05, 0.1) is 12.3 Å². The highest BCUT2D eigenvalue weighted by Crippen LogP contribution is 2.24. The molecule has 0 aliphatic rings. The van der Waals surface area contributed by atoms with Gasteiger partial charge in [-0.2, -0.15) is 0 Å². The predicted octanol–water partition coefficient (Wildman–Crippen LogP) is 2.06. The summed E-state index contributed by atoms with van der Waals surface area (Å²) in [5.74, 6) is -1.18. The van der Waals surface area contributed by atoms with Crippen LogP contribution in [0.15, 0.2) is 35.7 Å². The maximum atomic E-state index is 11.6. The largest absolute Gasteiger partial charge is 0.367 e. The van der Waals surface area contributed by atoms with Crippen molar-refractivity contribution in [3.63, 3.8) is 0 Å². The summed E-state index contributed by atoms with van der Waals surface area (Å²) in [6, 6.07) is 9.40. The lowest BCUT2D eigenvalue weighted by Gasteiger charge is -2.12. The topological polar surface area (TPSA) is 94.3 Å². The number of hydrogen-bond acceptors (Lipinski definition) is 5. The van der Waals surface area contributed by atoms with E-state index in [4.69, 9.17) is 22.1 Å². The fourth-order valence-electron chi connectivity index (χ4n) is 1.68. The first kappa shape index (κ1) is 16.4. The van der Waals surface area contributed by atoms with Crippen LogP contribution in [0.5, 0.6) is 0 Å². The molecule has 0 spiro atoms. The van der Waals surface area contributed by atoms with Crippen LogP contribution >= 0.6 is 22.9 Å². The van der Waals surface area contributed by atoms with Crippen molar-refractivity contribution < 1.29 is 14.3 Å². The van der Waals surface area contributed by atoms with E-state index in [0.29, 0.717) is 10.8 Å². The van der Waals surface area contributed by atoms with Crippen molar-refractivity contribution in [1.82, 2.24) is 4.98 Å². The summed E-state index contributed by atoms with van der Waals surface area (Å²) in [7, 11) is 0. The molecule has 0 radical (unpaired) electrons. The Balaban J connectivity index is 2.05. The van der Waals surface area contributed by atoms with Gasteiger partial charge in [-0.15, -0.1) is 22.9 Å². The minimum Gasteiger partial charge on any atom is -0.367 e. The molecule has 0 bridgehead atoms. The number of halogens is 1. The predicted molar refractivity (Wildman–Crippen MR) is 84.6 cm³/mol. The van der Waals surface area contributed by atoms with Crippen molar-refractivity contribution >= 4 is 39.9 Å². The van der Waals surface area contributed by atoms with E-state index in [-0.39, 0.29) is 18.4 Å². The minimum atomic E-state index is -0.974. The number of aromatic nitrogens is 1. The molecule has 1 unspecified atom stereocenters. The van der Waals surface area contributed by atoms with Gasteiger partial charge in [0, 0.05) is 5.38 Å². The molecule has 1 aromatic heterocycles. The van der Waals surface area contributed by atoms with Gasteiger partial charge in [0.15, 0.2) is 11.2 Å². The number of anilines is 1. The van der Waals surface area contributed by atoms with Gasteiger partial charge < -0.3 is 15.8 Å². The number of ether oxygens (including phenoxy) is 1. The van der Waals surface area contributed by atoms with Gasteiger partial charge in [-0.1, -0.05) is 30.3 Å². The SMILES string of the molecule is NC(=O)C(OCc1ccccc1)c1csc(NC(=O)CCl)n1. The van der Waals surface area contributed by atoms with Crippen LogP contribution in [0.1, 0.15) is 17.4 Å². The number of amides is 2. The van der Waals surface area contributed by atoms with E-state index in [0.717, 1.165) is 5.56 Å². The van der Waals surface area contributed by atoms with Crippen molar-refractivity contribution in [2.45, 2.75) is 12.7 Å². The molecule has 0 saturated carbocycles. The number of primary amides is 1. The third-order valence-electron chi connectivity index (χ3n) is 2.68. The highest BCUT2D eigenvalue weighted by atomic mass is 35.5. The van der Waals surface area contributed by atoms with E-state index in [1.807, 2.05) is 30.3 Å². The Hall–Kier alpha value is -1.96. The molecule has 2 aromatic rings. The van der Waals surface area contributed by atoms with E-state index in [1.165, 1.54) is 11.3 Å². The molecule has 0 saturated heterocycles. The third-order valence-corrected chi connectivity index (χ3v) is 3.69.